The van der Waals surface area contributed by atoms with Gasteiger partial charge < -0.3 is 15.0 Å². The third-order valence-electron chi connectivity index (χ3n) is 8.41. The Morgan fingerprint density at radius 1 is 1.15 bits per heavy atom. The molecule has 7 nitrogen and oxygen atoms in total. The highest BCUT2D eigenvalue weighted by Crippen LogP contribution is 2.47. The van der Waals surface area contributed by atoms with Crippen molar-refractivity contribution in [2.75, 3.05) is 31.1 Å². The van der Waals surface area contributed by atoms with E-state index in [2.05, 4.69) is 27.0 Å². The zero-order valence-electron chi connectivity index (χ0n) is 22.6. The molecule has 1 amide bonds. The van der Waals surface area contributed by atoms with E-state index in [0.717, 1.165) is 50.3 Å². The number of hydrogen-bond donors (Lipinski definition) is 1. The van der Waals surface area contributed by atoms with Crippen molar-refractivity contribution in [1.82, 2.24) is 15.2 Å². The van der Waals surface area contributed by atoms with E-state index in [9.17, 15) is 27.2 Å². The van der Waals surface area contributed by atoms with Gasteiger partial charge >= 0.3 is 6.18 Å². The molecule has 1 N–H and O–H groups in total. The molecule has 3 aliphatic rings. The van der Waals surface area contributed by atoms with Gasteiger partial charge in [0.05, 0.1) is 17.7 Å². The Labute approximate surface area is 230 Å². The van der Waals surface area contributed by atoms with Crippen LogP contribution in [0.25, 0.3) is 0 Å². The number of anilines is 1. The van der Waals surface area contributed by atoms with Crippen molar-refractivity contribution in [3.8, 4) is 0 Å². The maximum atomic E-state index is 14.0. The fourth-order valence-electron chi connectivity index (χ4n) is 6.04. The predicted molar refractivity (Wildman–Crippen MR) is 140 cm³/mol. The lowest BCUT2D eigenvalue weighted by molar-refractivity contribution is -0.165. The van der Waals surface area contributed by atoms with Crippen molar-refractivity contribution in [1.29, 1.82) is 0 Å². The van der Waals surface area contributed by atoms with Crippen molar-refractivity contribution >= 4 is 17.4 Å². The monoisotopic (exact) mass is 562 g/mol. The summed E-state index contributed by atoms with van der Waals surface area (Å²) < 4.78 is 59.5. The van der Waals surface area contributed by atoms with Gasteiger partial charge in [0.1, 0.15) is 11.4 Å². The first-order chi connectivity index (χ1) is 19.0. The molecule has 3 fully saturated rings. The van der Waals surface area contributed by atoms with Gasteiger partial charge in [0.25, 0.3) is 5.91 Å². The van der Waals surface area contributed by atoms with E-state index < -0.39 is 23.2 Å². The van der Waals surface area contributed by atoms with Gasteiger partial charge in [0.2, 0.25) is 0 Å². The van der Waals surface area contributed by atoms with E-state index >= 15 is 0 Å². The van der Waals surface area contributed by atoms with E-state index in [-0.39, 0.29) is 47.4 Å². The molecule has 1 saturated carbocycles. The summed E-state index contributed by atoms with van der Waals surface area (Å²) in [6.45, 7) is 6.02. The average Bonchev–Trinajstić information content (AvgIpc) is 3.78. The number of aromatic nitrogens is 1. The van der Waals surface area contributed by atoms with Crippen LogP contribution in [0.3, 0.4) is 0 Å². The number of alkyl halides is 3. The number of carbonyl (C=O) groups is 2. The molecule has 3 heterocycles. The minimum Gasteiger partial charge on any atom is -0.366 e. The Hall–Kier alpha value is -3.05. The average molecular weight is 563 g/mol. The van der Waals surface area contributed by atoms with E-state index in [4.69, 9.17) is 4.74 Å². The van der Waals surface area contributed by atoms with Crippen molar-refractivity contribution in [3.63, 3.8) is 0 Å². The normalized spacial score (nSPS) is 26.0. The molecular formula is C29H34F4N4O3. The molecule has 1 aliphatic carbocycles. The van der Waals surface area contributed by atoms with Gasteiger partial charge in [-0.1, -0.05) is 0 Å². The van der Waals surface area contributed by atoms with E-state index in [1.165, 1.54) is 19.2 Å². The van der Waals surface area contributed by atoms with Gasteiger partial charge in [-0.25, -0.2) is 4.39 Å². The predicted octanol–water partition coefficient (Wildman–Crippen LogP) is 4.60. The second kappa shape index (κ2) is 11.1. The third-order valence-corrected chi connectivity index (χ3v) is 8.41. The third kappa shape index (κ3) is 5.85. The number of Topliss-reactive ketones (excluding diaryl/α,β-unsaturated/α-hetero) is 1. The fourth-order valence-corrected chi connectivity index (χ4v) is 6.04. The van der Waals surface area contributed by atoms with Crippen LogP contribution in [0.1, 0.15) is 61.0 Å². The van der Waals surface area contributed by atoms with E-state index in [1.54, 1.807) is 12.1 Å². The molecule has 2 aromatic rings. The van der Waals surface area contributed by atoms with Crippen molar-refractivity contribution in [2.45, 2.75) is 69.9 Å². The van der Waals surface area contributed by atoms with Crippen molar-refractivity contribution < 1.29 is 31.9 Å². The zero-order valence-corrected chi connectivity index (χ0v) is 22.6. The van der Waals surface area contributed by atoms with Crippen LogP contribution in [-0.2, 0) is 22.3 Å². The summed E-state index contributed by atoms with van der Waals surface area (Å²) in [6, 6.07) is 5.92. The molecule has 0 spiro atoms. The molecule has 2 unspecified atom stereocenters. The maximum Gasteiger partial charge on any atom is 0.417 e. The summed E-state index contributed by atoms with van der Waals surface area (Å²) in [5.74, 6) is -0.990. The Morgan fingerprint density at radius 3 is 2.55 bits per heavy atom. The molecule has 5 rings (SSSR count). The Kier molecular flexibility index (Phi) is 7.89. The Bertz CT molecular complexity index is 1260. The standard InChI is InChI=1S/C29H34F4N4O3/c1-18-16-36(9-10-37(18)23-5-6-26(30)25(12-23)19(2)38)24-7-8-28(40-17-24,21-3-4-21)27(39)35-14-20-11-22(15-34-13-20)29(31,32)33/h5-6,11-13,15,18,21,24H,3-4,7-10,14,16-17H2,1-2H3,(H,35,39)/t18?,24?,28-/m0/s1. The molecule has 11 heteroatoms. The number of piperazine rings is 1. The first-order valence-electron chi connectivity index (χ1n) is 13.7. The second-order valence-corrected chi connectivity index (χ2v) is 11.2. The number of nitrogens with one attached hydrogen (secondary N) is 1. The number of ether oxygens (including phenoxy) is 1. The smallest absolute Gasteiger partial charge is 0.366 e. The number of benzene rings is 1. The molecule has 2 aliphatic heterocycles. The van der Waals surface area contributed by atoms with Crippen LogP contribution in [0.2, 0.25) is 0 Å². The van der Waals surface area contributed by atoms with Gasteiger partial charge in [-0.15, -0.1) is 0 Å². The number of hydrogen-bond acceptors (Lipinski definition) is 6. The van der Waals surface area contributed by atoms with Crippen LogP contribution in [0.15, 0.2) is 36.7 Å². The molecule has 1 aromatic heterocycles. The highest BCUT2D eigenvalue weighted by atomic mass is 19.4. The topological polar surface area (TPSA) is 74.8 Å². The molecule has 2 saturated heterocycles. The SMILES string of the molecule is CC(=O)c1cc(N2CCN(C3CC[C@@](C(=O)NCc4cncc(C(F)(F)F)c4)(C4CC4)OC3)CC2C)ccc1F. The van der Waals surface area contributed by atoms with Crippen LogP contribution >= 0.6 is 0 Å². The fraction of sp³-hybridized carbons (Fsp3) is 0.552. The quantitative estimate of drug-likeness (QED) is 0.393. The highest BCUT2D eigenvalue weighted by molar-refractivity contribution is 5.95. The number of amides is 1. The van der Waals surface area contributed by atoms with E-state index in [1.807, 2.05) is 0 Å². The minimum atomic E-state index is -4.50. The zero-order chi connectivity index (χ0) is 28.7. The number of halogens is 4. The summed E-state index contributed by atoms with van der Waals surface area (Å²) in [4.78, 5) is 33.4. The van der Waals surface area contributed by atoms with Crippen molar-refractivity contribution in [2.24, 2.45) is 5.92 Å². The number of carbonyl (C=O) groups excluding carboxylic acids is 2. The summed E-state index contributed by atoms with van der Waals surface area (Å²) in [5.41, 5.74) is -0.617. The van der Waals surface area contributed by atoms with Crippen LogP contribution in [0.5, 0.6) is 0 Å². The molecule has 216 valence electrons. The first-order valence-corrected chi connectivity index (χ1v) is 13.7. The molecule has 40 heavy (non-hydrogen) atoms. The second-order valence-electron chi connectivity index (χ2n) is 11.2. The van der Waals surface area contributed by atoms with Gasteiger partial charge in [-0.2, -0.15) is 13.2 Å². The minimum absolute atomic E-state index is 0.0504. The van der Waals surface area contributed by atoms with Crippen LogP contribution < -0.4 is 10.2 Å². The van der Waals surface area contributed by atoms with Crippen LogP contribution in [-0.4, -0.2) is 65.5 Å². The summed E-state index contributed by atoms with van der Waals surface area (Å²) in [7, 11) is 0. The van der Waals surface area contributed by atoms with Crippen LogP contribution in [0.4, 0.5) is 23.2 Å². The van der Waals surface area contributed by atoms with Gasteiger partial charge in [-0.3, -0.25) is 19.5 Å². The summed E-state index contributed by atoms with van der Waals surface area (Å²) in [6.07, 6.45) is 0.688. The lowest BCUT2D eigenvalue weighted by Gasteiger charge is -2.48. The number of nitrogens with zero attached hydrogens (tertiary/aromatic N) is 3. The van der Waals surface area contributed by atoms with Gasteiger partial charge in [0, 0.05) is 56.3 Å². The van der Waals surface area contributed by atoms with Crippen LogP contribution in [0, 0.1) is 11.7 Å². The highest BCUT2D eigenvalue weighted by Gasteiger charge is 2.54. The largest absolute Gasteiger partial charge is 0.417 e. The van der Waals surface area contributed by atoms with Gasteiger partial charge in [-0.05, 0) is 75.3 Å². The van der Waals surface area contributed by atoms with Crippen molar-refractivity contribution in [3.05, 3.63) is 59.2 Å². The number of pyridine rings is 1. The number of rotatable bonds is 7. The summed E-state index contributed by atoms with van der Waals surface area (Å²) >= 11 is 0. The lowest BCUT2D eigenvalue weighted by atomic mass is 9.85. The lowest BCUT2D eigenvalue weighted by Crippen LogP contribution is -2.60. The molecule has 0 bridgehead atoms. The molecular weight excluding hydrogens is 528 g/mol. The first kappa shape index (κ1) is 28.5. The molecule has 0 radical (unpaired) electrons. The maximum absolute atomic E-state index is 14.0. The summed E-state index contributed by atoms with van der Waals surface area (Å²) in [5, 5.41) is 2.81. The van der Waals surface area contributed by atoms with E-state index in [0.29, 0.717) is 19.6 Å². The Morgan fingerprint density at radius 2 is 1.93 bits per heavy atom. The van der Waals surface area contributed by atoms with Gasteiger partial charge in [0.15, 0.2) is 5.78 Å². The Balaban J connectivity index is 1.18. The number of ketones is 1. The molecule has 3 atom stereocenters. The molecule has 1 aromatic carbocycles.